The number of thioether (sulfide) groups is 1. The lowest BCUT2D eigenvalue weighted by Gasteiger charge is -2.17. The Morgan fingerprint density at radius 1 is 0.793 bits per heavy atom. The zero-order valence-electron chi connectivity index (χ0n) is 14.8. The molecular weight excluding hydrogens is 459 g/mol. The number of alkyl halides is 6. The predicted molar refractivity (Wildman–Crippen MR) is 103 cm³/mol. The van der Waals surface area contributed by atoms with Crippen molar-refractivity contribution in [2.45, 2.75) is 35.8 Å². The van der Waals surface area contributed by atoms with E-state index in [0.717, 1.165) is 41.6 Å². The van der Waals surface area contributed by atoms with Crippen LogP contribution in [0, 0.1) is 0 Å². The second kappa shape index (κ2) is 8.57. The number of hydrogen-bond donors (Lipinski definition) is 1. The topological polar surface area (TPSA) is 12.0 Å². The first-order chi connectivity index (χ1) is 13.5. The van der Waals surface area contributed by atoms with Gasteiger partial charge in [0.25, 0.3) is 0 Å². The lowest BCUT2D eigenvalue weighted by atomic mass is 10.0. The summed E-state index contributed by atoms with van der Waals surface area (Å²) in [6, 6.07) is 3.18. The first-order valence-corrected chi connectivity index (χ1v) is 10.3. The minimum absolute atomic E-state index is 0.0799. The van der Waals surface area contributed by atoms with Crippen LogP contribution >= 0.6 is 35.0 Å². The molecule has 0 amide bonds. The molecule has 1 heterocycles. The highest BCUT2D eigenvalue weighted by atomic mass is 35.5. The Hall–Kier alpha value is -1.09. The summed E-state index contributed by atoms with van der Waals surface area (Å²) in [6.07, 6.45) is -8.46. The summed E-state index contributed by atoms with van der Waals surface area (Å²) in [6.45, 7) is 1.40. The molecule has 1 aliphatic rings. The zero-order chi connectivity index (χ0) is 21.4. The van der Waals surface area contributed by atoms with Gasteiger partial charge in [-0.2, -0.15) is 26.3 Å². The van der Waals surface area contributed by atoms with Crippen LogP contribution in [0.4, 0.5) is 26.3 Å². The number of halogens is 8. The molecule has 0 radical (unpaired) electrons. The SMILES string of the molecule is FC(F)(F)c1cc(CSc2c(Cl)cc(Cl)c3c2CCNCC3)cc(C(F)(F)F)c1. The van der Waals surface area contributed by atoms with E-state index in [9.17, 15) is 26.3 Å². The molecular formula is C19H15Cl2F6NS. The maximum Gasteiger partial charge on any atom is 0.416 e. The fraction of sp³-hybridized carbons (Fsp3) is 0.368. The molecule has 0 spiro atoms. The van der Waals surface area contributed by atoms with Crippen LogP contribution in [-0.4, -0.2) is 13.1 Å². The van der Waals surface area contributed by atoms with Crippen LogP contribution in [-0.2, 0) is 30.9 Å². The highest BCUT2D eigenvalue weighted by Crippen LogP contribution is 2.41. The van der Waals surface area contributed by atoms with Gasteiger partial charge in [-0.3, -0.25) is 0 Å². The van der Waals surface area contributed by atoms with Crippen molar-refractivity contribution in [1.29, 1.82) is 0 Å². The van der Waals surface area contributed by atoms with Crippen molar-refractivity contribution in [3.8, 4) is 0 Å². The highest BCUT2D eigenvalue weighted by Gasteiger charge is 2.36. The molecule has 0 atom stereocenters. The fourth-order valence-corrected chi connectivity index (χ4v) is 5.02. The third-order valence-corrected chi connectivity index (χ3v) is 6.51. The van der Waals surface area contributed by atoms with Crippen molar-refractivity contribution in [3.63, 3.8) is 0 Å². The largest absolute Gasteiger partial charge is 0.416 e. The molecule has 0 fully saturated rings. The summed E-state index contributed by atoms with van der Waals surface area (Å²) >= 11 is 13.7. The molecule has 1 nitrogen and oxygen atoms in total. The number of fused-ring (bicyclic) bond motifs is 1. The van der Waals surface area contributed by atoms with Crippen molar-refractivity contribution >= 4 is 35.0 Å². The molecule has 1 N–H and O–H groups in total. The average molecular weight is 474 g/mol. The van der Waals surface area contributed by atoms with E-state index >= 15 is 0 Å². The lowest BCUT2D eigenvalue weighted by molar-refractivity contribution is -0.143. The van der Waals surface area contributed by atoms with Crippen molar-refractivity contribution in [2.24, 2.45) is 0 Å². The number of rotatable bonds is 3. The van der Waals surface area contributed by atoms with Crippen LogP contribution < -0.4 is 5.32 Å². The van der Waals surface area contributed by atoms with Gasteiger partial charge in [0.15, 0.2) is 0 Å². The summed E-state index contributed by atoms with van der Waals surface area (Å²) in [5, 5.41) is 4.08. The van der Waals surface area contributed by atoms with Crippen LogP contribution in [0.15, 0.2) is 29.2 Å². The lowest BCUT2D eigenvalue weighted by Crippen LogP contribution is -2.16. The quantitative estimate of drug-likeness (QED) is 0.380. The first-order valence-electron chi connectivity index (χ1n) is 8.58. The molecule has 158 valence electrons. The molecule has 2 aromatic carbocycles. The van der Waals surface area contributed by atoms with Crippen LogP contribution in [0.1, 0.15) is 27.8 Å². The molecule has 0 aliphatic carbocycles. The second-order valence-corrected chi connectivity index (χ2v) is 8.38. The van der Waals surface area contributed by atoms with Gasteiger partial charge in [0.1, 0.15) is 0 Å². The number of nitrogens with one attached hydrogen (secondary N) is 1. The number of hydrogen-bond acceptors (Lipinski definition) is 2. The summed E-state index contributed by atoms with van der Waals surface area (Å²) in [4.78, 5) is 0.640. The van der Waals surface area contributed by atoms with Gasteiger partial charge < -0.3 is 5.32 Å². The molecule has 0 saturated heterocycles. The molecule has 29 heavy (non-hydrogen) atoms. The zero-order valence-corrected chi connectivity index (χ0v) is 17.1. The summed E-state index contributed by atoms with van der Waals surface area (Å²) in [7, 11) is 0. The van der Waals surface area contributed by atoms with E-state index in [2.05, 4.69) is 5.32 Å². The molecule has 0 bridgehead atoms. The van der Waals surface area contributed by atoms with Crippen molar-refractivity contribution in [3.05, 3.63) is 62.1 Å². The van der Waals surface area contributed by atoms with Gasteiger partial charge in [0.2, 0.25) is 0 Å². The minimum atomic E-state index is -4.87. The van der Waals surface area contributed by atoms with Crippen LogP contribution in [0.5, 0.6) is 0 Å². The van der Waals surface area contributed by atoms with Gasteiger partial charge in [0.05, 0.1) is 16.1 Å². The molecule has 0 aromatic heterocycles. The number of benzene rings is 2. The van der Waals surface area contributed by atoms with Gasteiger partial charge in [0, 0.05) is 15.7 Å². The van der Waals surface area contributed by atoms with Gasteiger partial charge in [-0.15, -0.1) is 11.8 Å². The van der Waals surface area contributed by atoms with E-state index in [1.807, 2.05) is 0 Å². The Morgan fingerprint density at radius 2 is 1.34 bits per heavy atom. The van der Waals surface area contributed by atoms with Crippen molar-refractivity contribution < 1.29 is 26.3 Å². The molecule has 1 aliphatic heterocycles. The maximum atomic E-state index is 13.1. The Balaban J connectivity index is 1.96. The van der Waals surface area contributed by atoms with Crippen LogP contribution in [0.3, 0.4) is 0 Å². The minimum Gasteiger partial charge on any atom is -0.316 e. The van der Waals surface area contributed by atoms with Crippen LogP contribution in [0.25, 0.3) is 0 Å². The Bertz CT molecular complexity index is 879. The first kappa shape index (κ1) is 22.6. The van der Waals surface area contributed by atoms with E-state index in [1.54, 1.807) is 6.07 Å². The maximum absolute atomic E-state index is 13.1. The third-order valence-electron chi connectivity index (χ3n) is 4.53. The van der Waals surface area contributed by atoms with E-state index in [4.69, 9.17) is 23.2 Å². The summed E-state index contributed by atoms with van der Waals surface area (Å²) in [5.74, 6) is -0.0891. The van der Waals surface area contributed by atoms with Gasteiger partial charge in [-0.05, 0) is 66.9 Å². The summed E-state index contributed by atoms with van der Waals surface area (Å²) < 4.78 is 78.4. The second-order valence-electron chi connectivity index (χ2n) is 6.58. The molecule has 0 saturated carbocycles. The highest BCUT2D eigenvalue weighted by molar-refractivity contribution is 7.98. The Morgan fingerprint density at radius 3 is 1.90 bits per heavy atom. The normalized spacial score (nSPS) is 15.2. The third kappa shape index (κ3) is 5.34. The van der Waals surface area contributed by atoms with E-state index in [-0.39, 0.29) is 17.4 Å². The molecule has 3 rings (SSSR count). The van der Waals surface area contributed by atoms with E-state index in [1.165, 1.54) is 0 Å². The summed E-state index contributed by atoms with van der Waals surface area (Å²) in [5.41, 5.74) is -0.936. The molecule has 0 unspecified atom stereocenters. The molecule has 10 heteroatoms. The predicted octanol–water partition coefficient (Wildman–Crippen LogP) is 7.01. The Labute approximate surface area is 177 Å². The fourth-order valence-electron chi connectivity index (χ4n) is 3.19. The monoisotopic (exact) mass is 473 g/mol. The smallest absolute Gasteiger partial charge is 0.316 e. The molecule has 2 aromatic rings. The van der Waals surface area contributed by atoms with E-state index in [0.29, 0.717) is 34.3 Å². The van der Waals surface area contributed by atoms with Crippen molar-refractivity contribution in [1.82, 2.24) is 5.32 Å². The van der Waals surface area contributed by atoms with Gasteiger partial charge >= 0.3 is 12.4 Å². The van der Waals surface area contributed by atoms with Gasteiger partial charge in [-0.1, -0.05) is 23.2 Å². The van der Waals surface area contributed by atoms with Crippen LogP contribution in [0.2, 0.25) is 10.0 Å². The van der Waals surface area contributed by atoms with Gasteiger partial charge in [-0.25, -0.2) is 0 Å². The Kier molecular flexibility index (Phi) is 6.68. The van der Waals surface area contributed by atoms with E-state index < -0.39 is 23.5 Å². The average Bonchev–Trinajstić information content (AvgIpc) is 2.86. The standard InChI is InChI=1S/C19H15Cl2F6NS/c20-15-8-16(21)17(14-2-4-28-3-1-13(14)15)29-9-10-5-11(18(22,23)24)7-12(6-10)19(25,26)27/h5-8,28H,1-4,9H2. The van der Waals surface area contributed by atoms with Crippen molar-refractivity contribution in [2.75, 3.05) is 13.1 Å².